The Balaban J connectivity index is 1.50. The van der Waals surface area contributed by atoms with Crippen LogP contribution in [0, 0.1) is 5.82 Å². The number of amides is 2. The van der Waals surface area contributed by atoms with Crippen LogP contribution >= 0.6 is 0 Å². The third kappa shape index (κ3) is 4.82. The van der Waals surface area contributed by atoms with Gasteiger partial charge in [-0.1, -0.05) is 30.3 Å². The standard InChI is InChI=1S/C24H28FN3O4/c25-20-8-6-18(7-9-20)23(31)26-24(19-4-2-1-3-5-19)10-11-27(16-21(24)29)17-22(30)28-12-14-32-15-13-28/h1-9,21,29H,10-17H2,(H,26,31)/t21-,24+/m1/s1. The molecule has 0 spiro atoms. The van der Waals surface area contributed by atoms with Crippen LogP contribution in [0.1, 0.15) is 22.3 Å². The summed E-state index contributed by atoms with van der Waals surface area (Å²) in [6.07, 6.45) is -0.498. The predicted molar refractivity (Wildman–Crippen MR) is 116 cm³/mol. The number of morpholine rings is 1. The Bertz CT molecular complexity index is 934. The molecule has 2 fully saturated rings. The van der Waals surface area contributed by atoms with E-state index in [9.17, 15) is 19.1 Å². The number of ether oxygens (including phenoxy) is 1. The first-order chi connectivity index (χ1) is 15.5. The molecule has 0 radical (unpaired) electrons. The lowest BCUT2D eigenvalue weighted by Gasteiger charge is -2.46. The van der Waals surface area contributed by atoms with Gasteiger partial charge in [0.1, 0.15) is 5.82 Å². The van der Waals surface area contributed by atoms with Crippen molar-refractivity contribution in [2.24, 2.45) is 0 Å². The van der Waals surface area contributed by atoms with Gasteiger partial charge in [0, 0.05) is 31.7 Å². The molecule has 170 valence electrons. The molecule has 2 N–H and O–H groups in total. The van der Waals surface area contributed by atoms with Crippen LogP contribution in [0.5, 0.6) is 0 Å². The van der Waals surface area contributed by atoms with Crippen molar-refractivity contribution in [2.75, 3.05) is 45.9 Å². The second-order valence-corrected chi connectivity index (χ2v) is 8.29. The molecule has 0 unspecified atom stereocenters. The number of hydrogen-bond acceptors (Lipinski definition) is 5. The first kappa shape index (κ1) is 22.4. The molecule has 2 heterocycles. The van der Waals surface area contributed by atoms with Crippen molar-refractivity contribution in [3.05, 3.63) is 71.5 Å². The van der Waals surface area contributed by atoms with E-state index >= 15 is 0 Å². The van der Waals surface area contributed by atoms with Crippen LogP contribution in [-0.4, -0.2) is 78.8 Å². The molecule has 0 aliphatic carbocycles. The van der Waals surface area contributed by atoms with Crippen molar-refractivity contribution < 1.29 is 23.8 Å². The van der Waals surface area contributed by atoms with Crippen molar-refractivity contribution in [3.8, 4) is 0 Å². The molecule has 8 heteroatoms. The van der Waals surface area contributed by atoms with Gasteiger partial charge in [0.25, 0.3) is 5.91 Å². The molecule has 7 nitrogen and oxygen atoms in total. The number of nitrogens with zero attached hydrogens (tertiary/aromatic N) is 2. The van der Waals surface area contributed by atoms with Crippen LogP contribution in [0.25, 0.3) is 0 Å². The lowest BCUT2D eigenvalue weighted by atomic mass is 9.78. The first-order valence-electron chi connectivity index (χ1n) is 10.9. The summed E-state index contributed by atoms with van der Waals surface area (Å²) in [6, 6.07) is 14.7. The van der Waals surface area contributed by atoms with Gasteiger partial charge in [-0.3, -0.25) is 14.5 Å². The van der Waals surface area contributed by atoms with Gasteiger partial charge in [-0.25, -0.2) is 4.39 Å². The normalized spacial score (nSPS) is 24.2. The highest BCUT2D eigenvalue weighted by molar-refractivity contribution is 5.94. The zero-order valence-electron chi connectivity index (χ0n) is 17.9. The monoisotopic (exact) mass is 441 g/mol. The summed E-state index contributed by atoms with van der Waals surface area (Å²) < 4.78 is 18.6. The van der Waals surface area contributed by atoms with Crippen LogP contribution in [0.2, 0.25) is 0 Å². The van der Waals surface area contributed by atoms with Gasteiger partial charge < -0.3 is 20.1 Å². The predicted octanol–water partition coefficient (Wildman–Crippen LogP) is 1.38. The molecular formula is C24H28FN3O4. The molecule has 2 aliphatic heterocycles. The zero-order chi connectivity index (χ0) is 22.6. The molecule has 2 aliphatic rings. The molecule has 2 amide bonds. The Labute approximate surface area is 186 Å². The number of aliphatic hydroxyl groups is 1. The first-order valence-corrected chi connectivity index (χ1v) is 10.9. The average Bonchev–Trinajstić information content (AvgIpc) is 2.82. The van der Waals surface area contributed by atoms with E-state index in [4.69, 9.17) is 4.74 Å². The minimum Gasteiger partial charge on any atom is -0.389 e. The number of nitrogens with one attached hydrogen (secondary N) is 1. The fraction of sp³-hybridized carbons (Fsp3) is 0.417. The Morgan fingerprint density at radius 1 is 1.06 bits per heavy atom. The number of carbonyl (C=O) groups excluding carboxylic acids is 2. The maximum atomic E-state index is 13.3. The summed E-state index contributed by atoms with van der Waals surface area (Å²) >= 11 is 0. The Morgan fingerprint density at radius 3 is 2.41 bits per heavy atom. The van der Waals surface area contributed by atoms with Gasteiger partial charge in [-0.2, -0.15) is 0 Å². The smallest absolute Gasteiger partial charge is 0.252 e. The molecule has 0 aromatic heterocycles. The van der Waals surface area contributed by atoms with E-state index in [2.05, 4.69) is 5.32 Å². The molecule has 2 atom stereocenters. The highest BCUT2D eigenvalue weighted by Crippen LogP contribution is 2.34. The lowest BCUT2D eigenvalue weighted by molar-refractivity contribution is -0.137. The summed E-state index contributed by atoms with van der Waals surface area (Å²) in [5.74, 6) is -0.786. The van der Waals surface area contributed by atoms with Crippen molar-refractivity contribution in [3.63, 3.8) is 0 Å². The number of β-amino-alcohol motifs (C(OH)–C–C–N with tert-alkyl or cyclic N) is 1. The van der Waals surface area contributed by atoms with E-state index < -0.39 is 17.5 Å². The maximum Gasteiger partial charge on any atom is 0.252 e. The topological polar surface area (TPSA) is 82.1 Å². The van der Waals surface area contributed by atoms with Crippen molar-refractivity contribution >= 4 is 11.8 Å². The molecule has 2 aromatic rings. The molecule has 2 saturated heterocycles. The summed E-state index contributed by atoms with van der Waals surface area (Å²) in [4.78, 5) is 29.3. The van der Waals surface area contributed by atoms with Crippen LogP contribution in [-0.2, 0) is 15.1 Å². The van der Waals surface area contributed by atoms with E-state index in [1.54, 1.807) is 4.90 Å². The number of piperidine rings is 1. The second-order valence-electron chi connectivity index (χ2n) is 8.29. The van der Waals surface area contributed by atoms with Crippen LogP contribution in [0.4, 0.5) is 4.39 Å². The Kier molecular flexibility index (Phi) is 6.83. The summed E-state index contributed by atoms with van der Waals surface area (Å²) in [7, 11) is 0. The SMILES string of the molecule is O=C(N[C@]1(c2ccccc2)CCN(CC(=O)N2CCOCC2)C[C@H]1O)c1ccc(F)cc1. The van der Waals surface area contributed by atoms with Crippen LogP contribution in [0.3, 0.4) is 0 Å². The third-order valence-corrected chi connectivity index (χ3v) is 6.28. The lowest BCUT2D eigenvalue weighted by Crippen LogP contribution is -2.62. The Hall–Kier alpha value is -2.81. The van der Waals surface area contributed by atoms with E-state index in [-0.39, 0.29) is 24.9 Å². The van der Waals surface area contributed by atoms with Gasteiger partial charge in [-0.15, -0.1) is 0 Å². The summed E-state index contributed by atoms with van der Waals surface area (Å²) in [5.41, 5.74) is 0.103. The highest BCUT2D eigenvalue weighted by Gasteiger charge is 2.45. The average molecular weight is 442 g/mol. The largest absolute Gasteiger partial charge is 0.389 e. The fourth-order valence-electron chi connectivity index (χ4n) is 4.41. The van der Waals surface area contributed by atoms with Gasteiger partial charge >= 0.3 is 0 Å². The molecule has 4 rings (SSSR count). The van der Waals surface area contributed by atoms with E-state index in [0.29, 0.717) is 44.8 Å². The number of hydrogen-bond donors (Lipinski definition) is 2. The minimum absolute atomic E-state index is 0.0167. The number of benzene rings is 2. The van der Waals surface area contributed by atoms with Crippen LogP contribution < -0.4 is 5.32 Å². The van der Waals surface area contributed by atoms with Gasteiger partial charge in [-0.05, 0) is 36.2 Å². The van der Waals surface area contributed by atoms with Gasteiger partial charge in [0.2, 0.25) is 5.91 Å². The Morgan fingerprint density at radius 2 is 1.75 bits per heavy atom. The minimum atomic E-state index is -1.01. The molecule has 0 saturated carbocycles. The van der Waals surface area contributed by atoms with E-state index in [1.165, 1.54) is 24.3 Å². The molecule has 32 heavy (non-hydrogen) atoms. The number of rotatable bonds is 5. The summed E-state index contributed by atoms with van der Waals surface area (Å²) in [5, 5.41) is 14.3. The van der Waals surface area contributed by atoms with Gasteiger partial charge in [0.15, 0.2) is 0 Å². The summed E-state index contributed by atoms with van der Waals surface area (Å²) in [6.45, 7) is 3.24. The second kappa shape index (κ2) is 9.77. The fourth-order valence-corrected chi connectivity index (χ4v) is 4.41. The molecule has 2 aromatic carbocycles. The molecule has 0 bridgehead atoms. The van der Waals surface area contributed by atoms with Crippen LogP contribution in [0.15, 0.2) is 54.6 Å². The highest BCUT2D eigenvalue weighted by atomic mass is 19.1. The van der Waals surface area contributed by atoms with Crippen molar-refractivity contribution in [1.82, 2.24) is 15.1 Å². The van der Waals surface area contributed by atoms with Gasteiger partial charge in [0.05, 0.1) is 31.4 Å². The van der Waals surface area contributed by atoms with E-state index in [1.807, 2.05) is 35.2 Å². The number of likely N-dealkylation sites (tertiary alicyclic amines) is 1. The number of carbonyl (C=O) groups is 2. The van der Waals surface area contributed by atoms with Crippen molar-refractivity contribution in [1.29, 1.82) is 0 Å². The maximum absolute atomic E-state index is 13.3. The van der Waals surface area contributed by atoms with E-state index in [0.717, 1.165) is 5.56 Å². The molecular weight excluding hydrogens is 413 g/mol. The zero-order valence-corrected chi connectivity index (χ0v) is 17.9. The number of aliphatic hydroxyl groups excluding tert-OH is 1. The van der Waals surface area contributed by atoms with Crippen molar-refractivity contribution in [2.45, 2.75) is 18.1 Å². The quantitative estimate of drug-likeness (QED) is 0.733. The third-order valence-electron chi connectivity index (χ3n) is 6.28. The number of halogens is 1.